The van der Waals surface area contributed by atoms with Crippen molar-refractivity contribution in [1.29, 1.82) is 0 Å². The molecule has 1 rings (SSSR count). The summed E-state index contributed by atoms with van der Waals surface area (Å²) in [6, 6.07) is 0. The van der Waals surface area contributed by atoms with Crippen molar-refractivity contribution in [2.45, 2.75) is 37.9 Å². The maximum absolute atomic E-state index is 5.54. The minimum atomic E-state index is 0.0202. The molecule has 0 unspecified atom stereocenters. The molecule has 0 atom stereocenters. The number of rotatable bonds is 3. The first kappa shape index (κ1) is 11.5. The van der Waals surface area contributed by atoms with Crippen molar-refractivity contribution in [2.24, 2.45) is 5.73 Å². The molecule has 0 radical (unpaired) electrons. The van der Waals surface area contributed by atoms with E-state index in [2.05, 4.69) is 35.5 Å². The first-order valence-electron chi connectivity index (χ1n) is 4.69. The lowest BCUT2D eigenvalue weighted by Crippen LogP contribution is -2.26. The first-order valence-corrected chi connectivity index (χ1v) is 5.92. The quantitative estimate of drug-likeness (QED) is 0.770. The zero-order valence-electron chi connectivity index (χ0n) is 9.24. The summed E-state index contributed by atoms with van der Waals surface area (Å²) < 4.78 is 2.16. The Hall–Kier alpha value is -0.550. The molecule has 0 amide bonds. The number of hydrogen-bond donors (Lipinski definition) is 1. The molecule has 2 N–H and O–H groups in total. The van der Waals surface area contributed by atoms with E-state index in [4.69, 9.17) is 5.73 Å². The number of nitrogens with zero attached hydrogens (tertiary/aromatic N) is 3. The molecular weight excluding hydrogens is 196 g/mol. The molecule has 1 aromatic rings. The minimum Gasteiger partial charge on any atom is -0.330 e. The van der Waals surface area contributed by atoms with E-state index in [1.807, 2.05) is 6.26 Å². The fraction of sp³-hybridized carbons (Fsp3) is 0.778. The van der Waals surface area contributed by atoms with Crippen LogP contribution in [0.25, 0.3) is 0 Å². The minimum absolute atomic E-state index is 0.0202. The molecule has 14 heavy (non-hydrogen) atoms. The highest BCUT2D eigenvalue weighted by Gasteiger charge is 2.21. The normalized spacial score (nSPS) is 12.1. The Labute approximate surface area is 89.3 Å². The molecule has 5 heteroatoms. The van der Waals surface area contributed by atoms with Gasteiger partial charge in [-0.3, -0.25) is 0 Å². The molecule has 0 bridgehead atoms. The van der Waals surface area contributed by atoms with Crippen LogP contribution in [0, 0.1) is 0 Å². The van der Waals surface area contributed by atoms with Gasteiger partial charge in [0.15, 0.2) is 5.16 Å². The molecule has 0 spiro atoms. The van der Waals surface area contributed by atoms with Gasteiger partial charge in [-0.2, -0.15) is 0 Å². The van der Waals surface area contributed by atoms with Crippen LogP contribution in [0.3, 0.4) is 0 Å². The van der Waals surface area contributed by atoms with Crippen LogP contribution >= 0.6 is 11.8 Å². The number of nitrogens with two attached hydrogens (primary N) is 1. The molecule has 0 aliphatic rings. The fourth-order valence-electron chi connectivity index (χ4n) is 1.40. The number of aromatic nitrogens is 3. The lowest BCUT2D eigenvalue weighted by Gasteiger charge is -2.24. The predicted molar refractivity (Wildman–Crippen MR) is 59.6 cm³/mol. The summed E-state index contributed by atoms with van der Waals surface area (Å²) >= 11 is 1.62. The van der Waals surface area contributed by atoms with Gasteiger partial charge in [-0.05, 0) is 33.6 Å². The van der Waals surface area contributed by atoms with E-state index in [1.165, 1.54) is 0 Å². The average molecular weight is 214 g/mol. The van der Waals surface area contributed by atoms with Crippen molar-refractivity contribution in [3.8, 4) is 0 Å². The van der Waals surface area contributed by atoms with Gasteiger partial charge in [-0.15, -0.1) is 10.2 Å². The molecule has 0 aliphatic heterocycles. The summed E-state index contributed by atoms with van der Waals surface area (Å²) in [7, 11) is 0. The van der Waals surface area contributed by atoms with Gasteiger partial charge < -0.3 is 10.3 Å². The molecule has 1 heterocycles. The van der Waals surface area contributed by atoms with Gasteiger partial charge in [0.2, 0.25) is 0 Å². The second kappa shape index (κ2) is 4.31. The molecule has 0 aliphatic carbocycles. The summed E-state index contributed by atoms with van der Waals surface area (Å²) in [6.45, 7) is 7.06. The molecule has 1 aromatic heterocycles. The van der Waals surface area contributed by atoms with E-state index in [0.717, 1.165) is 17.4 Å². The van der Waals surface area contributed by atoms with Crippen LogP contribution in [-0.4, -0.2) is 27.6 Å². The number of thioether (sulfide) groups is 1. The van der Waals surface area contributed by atoms with E-state index in [9.17, 15) is 0 Å². The van der Waals surface area contributed by atoms with Crippen molar-refractivity contribution in [1.82, 2.24) is 14.8 Å². The second-order valence-electron chi connectivity index (χ2n) is 4.15. The van der Waals surface area contributed by atoms with Gasteiger partial charge in [0.25, 0.3) is 0 Å². The molecular formula is C9H18N4S. The summed E-state index contributed by atoms with van der Waals surface area (Å²) in [5.41, 5.74) is 5.56. The zero-order chi connectivity index (χ0) is 10.8. The van der Waals surface area contributed by atoms with E-state index >= 15 is 0 Å². The van der Waals surface area contributed by atoms with Crippen LogP contribution in [0.2, 0.25) is 0 Å². The topological polar surface area (TPSA) is 56.7 Å². The molecule has 0 aromatic carbocycles. The van der Waals surface area contributed by atoms with E-state index in [1.54, 1.807) is 11.8 Å². The molecule has 0 saturated heterocycles. The largest absolute Gasteiger partial charge is 0.330 e. The summed E-state index contributed by atoms with van der Waals surface area (Å²) in [5, 5.41) is 9.25. The van der Waals surface area contributed by atoms with Crippen molar-refractivity contribution >= 4 is 11.8 Å². The highest BCUT2D eigenvalue weighted by molar-refractivity contribution is 7.98. The van der Waals surface area contributed by atoms with Gasteiger partial charge in [-0.1, -0.05) is 11.8 Å². The maximum atomic E-state index is 5.54. The van der Waals surface area contributed by atoms with Crippen molar-refractivity contribution in [3.63, 3.8) is 0 Å². The summed E-state index contributed by atoms with van der Waals surface area (Å²) in [4.78, 5) is 0. The Kier molecular flexibility index (Phi) is 3.55. The maximum Gasteiger partial charge on any atom is 0.191 e. The number of hydrogen-bond acceptors (Lipinski definition) is 4. The zero-order valence-corrected chi connectivity index (χ0v) is 10.1. The molecule has 0 saturated carbocycles. The Morgan fingerprint density at radius 2 is 2.00 bits per heavy atom. The second-order valence-corrected chi connectivity index (χ2v) is 4.92. The molecule has 4 nitrogen and oxygen atoms in total. The molecule has 0 fully saturated rings. The van der Waals surface area contributed by atoms with Crippen LogP contribution in [0.1, 0.15) is 26.6 Å². The van der Waals surface area contributed by atoms with Gasteiger partial charge >= 0.3 is 0 Å². The van der Waals surface area contributed by atoms with Crippen molar-refractivity contribution in [3.05, 3.63) is 5.82 Å². The fourth-order valence-corrected chi connectivity index (χ4v) is 2.08. The van der Waals surface area contributed by atoms with Crippen LogP contribution in [0.15, 0.2) is 5.16 Å². The van der Waals surface area contributed by atoms with Crippen LogP contribution in [-0.2, 0) is 12.0 Å². The Morgan fingerprint density at radius 3 is 2.43 bits per heavy atom. The van der Waals surface area contributed by atoms with Gasteiger partial charge in [0, 0.05) is 12.0 Å². The Morgan fingerprint density at radius 1 is 1.36 bits per heavy atom. The first-order chi connectivity index (χ1) is 6.50. The SMILES string of the molecule is CSc1nnc(CCN)n1C(C)(C)C. The third-order valence-electron chi connectivity index (χ3n) is 1.92. The van der Waals surface area contributed by atoms with Crippen molar-refractivity contribution in [2.75, 3.05) is 12.8 Å². The lowest BCUT2D eigenvalue weighted by molar-refractivity contribution is 0.355. The molecule has 80 valence electrons. The highest BCUT2D eigenvalue weighted by Crippen LogP contribution is 2.23. The smallest absolute Gasteiger partial charge is 0.191 e. The van der Waals surface area contributed by atoms with Crippen LogP contribution < -0.4 is 5.73 Å². The van der Waals surface area contributed by atoms with E-state index in [-0.39, 0.29) is 5.54 Å². The predicted octanol–water partition coefficient (Wildman–Crippen LogP) is 1.26. The Bertz CT molecular complexity index is 300. The lowest BCUT2D eigenvalue weighted by atomic mass is 10.1. The highest BCUT2D eigenvalue weighted by atomic mass is 32.2. The monoisotopic (exact) mass is 214 g/mol. The van der Waals surface area contributed by atoms with E-state index < -0.39 is 0 Å². The van der Waals surface area contributed by atoms with Gasteiger partial charge in [-0.25, -0.2) is 0 Å². The van der Waals surface area contributed by atoms with Gasteiger partial charge in [0.05, 0.1) is 0 Å². The Balaban J connectivity index is 3.13. The standard InChI is InChI=1S/C9H18N4S/c1-9(2,3)13-7(5-6-10)11-12-8(13)14-4/h5-6,10H2,1-4H3. The third kappa shape index (κ3) is 2.27. The summed E-state index contributed by atoms with van der Waals surface area (Å²) in [5.74, 6) is 0.976. The van der Waals surface area contributed by atoms with Crippen LogP contribution in [0.4, 0.5) is 0 Å². The van der Waals surface area contributed by atoms with E-state index in [0.29, 0.717) is 6.54 Å². The third-order valence-corrected chi connectivity index (χ3v) is 2.55. The van der Waals surface area contributed by atoms with Crippen LogP contribution in [0.5, 0.6) is 0 Å². The van der Waals surface area contributed by atoms with Gasteiger partial charge in [0.1, 0.15) is 5.82 Å². The average Bonchev–Trinajstić information content (AvgIpc) is 2.47. The summed E-state index contributed by atoms with van der Waals surface area (Å²) in [6.07, 6.45) is 2.79. The van der Waals surface area contributed by atoms with Crippen molar-refractivity contribution < 1.29 is 0 Å².